The molecule has 3 aliphatic heterocycles. The molecule has 0 aromatic heterocycles. The zero-order valence-electron chi connectivity index (χ0n) is 31.2. The number of hydrogen-bond acceptors (Lipinski definition) is 7. The Kier molecular flexibility index (Phi) is 11.7. The second kappa shape index (κ2) is 17.1. The molecule has 2 N–H and O–H groups in total. The Morgan fingerprint density at radius 1 is 0.981 bits per heavy atom. The van der Waals surface area contributed by atoms with Crippen LogP contribution in [0.2, 0.25) is 0 Å². The molecule has 54 heavy (non-hydrogen) atoms. The molecule has 0 bridgehead atoms. The number of rotatable bonds is 13. The second-order valence-corrected chi connectivity index (χ2v) is 14.6. The molecule has 1 saturated heterocycles. The minimum atomic E-state index is -0.465. The van der Waals surface area contributed by atoms with Crippen LogP contribution in [0.15, 0.2) is 103 Å². The van der Waals surface area contributed by atoms with E-state index in [1.165, 1.54) is 16.8 Å². The lowest BCUT2D eigenvalue weighted by Crippen LogP contribution is -2.46. The van der Waals surface area contributed by atoms with E-state index in [2.05, 4.69) is 88.1 Å². The Bertz CT molecular complexity index is 2010. The molecule has 278 valence electrons. The average Bonchev–Trinajstić information content (AvgIpc) is 3.54. The number of benzene rings is 4. The van der Waals surface area contributed by atoms with Gasteiger partial charge in [-0.25, -0.2) is 0 Å². The van der Waals surface area contributed by atoms with Gasteiger partial charge in [0, 0.05) is 92.2 Å². The van der Waals surface area contributed by atoms with Crippen molar-refractivity contribution in [1.29, 1.82) is 0 Å². The number of hydrogen-bond donors (Lipinski definition) is 2. The summed E-state index contributed by atoms with van der Waals surface area (Å²) in [5, 5.41) is 13.1. The van der Waals surface area contributed by atoms with E-state index in [-0.39, 0.29) is 23.5 Å². The van der Waals surface area contributed by atoms with E-state index in [9.17, 15) is 14.7 Å². The van der Waals surface area contributed by atoms with E-state index in [0.29, 0.717) is 31.6 Å². The number of ether oxygens (including phenoxy) is 1. The Labute approximate surface area is 319 Å². The SMILES string of the molecule is C=C(CCC(C=O)N1Cc2cc(C#CCCCCN3CCN(c4ccc(C5c6ccc(O)cc6OCC5c5ccccc5)cc4)CC3)ccc2C1=O)NC. The summed E-state index contributed by atoms with van der Waals surface area (Å²) in [4.78, 5) is 31.5. The predicted molar refractivity (Wildman–Crippen MR) is 214 cm³/mol. The average molecular weight is 723 g/mol. The first-order valence-corrected chi connectivity index (χ1v) is 19.2. The number of amides is 1. The third-order valence-electron chi connectivity index (χ3n) is 11.2. The minimum absolute atomic E-state index is 0.0900. The molecule has 3 atom stereocenters. The fourth-order valence-corrected chi connectivity index (χ4v) is 8.07. The maximum Gasteiger partial charge on any atom is 0.255 e. The van der Waals surface area contributed by atoms with Crippen molar-refractivity contribution in [1.82, 2.24) is 15.1 Å². The van der Waals surface area contributed by atoms with Gasteiger partial charge in [-0.1, -0.05) is 67.0 Å². The zero-order valence-corrected chi connectivity index (χ0v) is 31.2. The highest BCUT2D eigenvalue weighted by Crippen LogP contribution is 2.47. The summed E-state index contributed by atoms with van der Waals surface area (Å²) in [7, 11) is 1.81. The molecule has 1 amide bonds. The van der Waals surface area contributed by atoms with Crippen molar-refractivity contribution in [3.63, 3.8) is 0 Å². The first kappa shape index (κ1) is 36.8. The number of phenols is 1. The number of carbonyl (C=O) groups excluding carboxylic acids is 2. The number of anilines is 1. The fourth-order valence-electron chi connectivity index (χ4n) is 8.07. The van der Waals surface area contributed by atoms with Crippen LogP contribution in [0.25, 0.3) is 0 Å². The molecule has 4 aromatic carbocycles. The first-order valence-electron chi connectivity index (χ1n) is 19.2. The predicted octanol–water partition coefficient (Wildman–Crippen LogP) is 7.08. The third-order valence-corrected chi connectivity index (χ3v) is 11.2. The number of phenolic OH excluding ortho intramolecular Hbond substituents is 1. The van der Waals surface area contributed by atoms with Gasteiger partial charge in [-0.3, -0.25) is 9.69 Å². The molecule has 3 aliphatic rings. The molecule has 7 rings (SSSR count). The summed E-state index contributed by atoms with van der Waals surface area (Å²) in [5.74, 6) is 7.85. The van der Waals surface area contributed by atoms with Gasteiger partial charge in [-0.15, -0.1) is 0 Å². The number of nitrogens with one attached hydrogen (secondary N) is 1. The van der Waals surface area contributed by atoms with E-state index in [1.54, 1.807) is 17.0 Å². The summed E-state index contributed by atoms with van der Waals surface area (Å²) in [6.45, 7) is 10.1. The normalized spacial score (nSPS) is 18.5. The molecule has 0 radical (unpaired) electrons. The van der Waals surface area contributed by atoms with Gasteiger partial charge in [-0.05, 0) is 85.3 Å². The molecular formula is C46H50N4O4. The van der Waals surface area contributed by atoms with Crippen molar-refractivity contribution in [3.05, 3.63) is 137 Å². The number of allylic oxidation sites excluding steroid dienone is 1. The van der Waals surface area contributed by atoms with Crippen LogP contribution in [0.1, 0.15) is 82.1 Å². The lowest BCUT2D eigenvalue weighted by Gasteiger charge is -2.37. The van der Waals surface area contributed by atoms with Crippen LogP contribution in [0.5, 0.6) is 11.5 Å². The smallest absolute Gasteiger partial charge is 0.255 e. The van der Waals surface area contributed by atoms with Crippen molar-refractivity contribution in [2.45, 2.75) is 56.5 Å². The van der Waals surface area contributed by atoms with Crippen molar-refractivity contribution in [2.24, 2.45) is 0 Å². The Hall–Kier alpha value is -5.52. The van der Waals surface area contributed by atoms with Crippen molar-refractivity contribution in [2.75, 3.05) is 51.3 Å². The maximum absolute atomic E-state index is 13.0. The number of aromatic hydroxyl groups is 1. The highest BCUT2D eigenvalue weighted by Gasteiger charge is 2.34. The van der Waals surface area contributed by atoms with Crippen molar-refractivity contribution >= 4 is 17.9 Å². The van der Waals surface area contributed by atoms with E-state index in [0.717, 1.165) is 86.4 Å². The summed E-state index contributed by atoms with van der Waals surface area (Å²) >= 11 is 0. The summed E-state index contributed by atoms with van der Waals surface area (Å²) in [6, 6.07) is 30.5. The van der Waals surface area contributed by atoms with E-state index in [1.807, 2.05) is 31.3 Å². The number of nitrogens with zero attached hydrogens (tertiary/aromatic N) is 3. The maximum atomic E-state index is 13.0. The summed E-state index contributed by atoms with van der Waals surface area (Å²) in [6.07, 6.45) is 5.05. The minimum Gasteiger partial charge on any atom is -0.508 e. The number of carbonyl (C=O) groups is 2. The van der Waals surface area contributed by atoms with E-state index < -0.39 is 6.04 Å². The topological polar surface area (TPSA) is 85.4 Å². The molecule has 8 nitrogen and oxygen atoms in total. The van der Waals surface area contributed by atoms with Gasteiger partial charge in [-0.2, -0.15) is 0 Å². The molecular weight excluding hydrogens is 673 g/mol. The monoisotopic (exact) mass is 722 g/mol. The third kappa shape index (κ3) is 8.32. The summed E-state index contributed by atoms with van der Waals surface area (Å²) in [5.41, 5.74) is 8.24. The molecule has 0 spiro atoms. The fraction of sp³-hybridized carbons (Fsp3) is 0.348. The van der Waals surface area contributed by atoms with Gasteiger partial charge in [0.2, 0.25) is 0 Å². The highest BCUT2D eigenvalue weighted by molar-refractivity contribution is 5.99. The second-order valence-electron chi connectivity index (χ2n) is 14.6. The van der Waals surface area contributed by atoms with Crippen LogP contribution in [0.4, 0.5) is 5.69 Å². The van der Waals surface area contributed by atoms with Gasteiger partial charge < -0.3 is 29.8 Å². The largest absolute Gasteiger partial charge is 0.508 e. The van der Waals surface area contributed by atoms with Crippen LogP contribution >= 0.6 is 0 Å². The van der Waals surface area contributed by atoms with Crippen LogP contribution in [-0.2, 0) is 11.3 Å². The van der Waals surface area contributed by atoms with E-state index >= 15 is 0 Å². The lowest BCUT2D eigenvalue weighted by molar-refractivity contribution is -0.112. The first-order chi connectivity index (χ1) is 26.4. The van der Waals surface area contributed by atoms with Gasteiger partial charge in [0.25, 0.3) is 5.91 Å². The van der Waals surface area contributed by atoms with Crippen LogP contribution in [-0.4, -0.2) is 79.5 Å². The van der Waals surface area contributed by atoms with Gasteiger partial charge in [0.1, 0.15) is 17.8 Å². The lowest BCUT2D eigenvalue weighted by atomic mass is 9.76. The molecule has 8 heteroatoms. The molecule has 4 aromatic rings. The van der Waals surface area contributed by atoms with Crippen molar-refractivity contribution < 1.29 is 19.4 Å². The Balaban J connectivity index is 0.870. The van der Waals surface area contributed by atoms with Crippen molar-refractivity contribution in [3.8, 4) is 23.3 Å². The molecule has 3 heterocycles. The van der Waals surface area contributed by atoms with Crippen LogP contribution < -0.4 is 15.0 Å². The number of unbranched alkanes of at least 4 members (excludes halogenated alkanes) is 2. The number of piperazine rings is 1. The van der Waals surface area contributed by atoms with Gasteiger partial charge in [0.15, 0.2) is 0 Å². The van der Waals surface area contributed by atoms with E-state index in [4.69, 9.17) is 4.74 Å². The zero-order chi connectivity index (χ0) is 37.4. The molecule has 0 saturated carbocycles. The Morgan fingerprint density at radius 2 is 1.78 bits per heavy atom. The quantitative estimate of drug-likeness (QED) is 0.0867. The molecule has 1 fully saturated rings. The summed E-state index contributed by atoms with van der Waals surface area (Å²) < 4.78 is 6.16. The van der Waals surface area contributed by atoms with Crippen LogP contribution in [0, 0.1) is 11.8 Å². The molecule has 3 unspecified atom stereocenters. The number of fused-ring (bicyclic) bond motifs is 2. The number of aldehydes is 1. The highest BCUT2D eigenvalue weighted by atomic mass is 16.5. The standard InChI is InChI=1S/C46H50N4O4/c1-33(47-2)13-17-39(31-51)50-30-37-28-34(14-21-41(37)46(50)53)10-6-3-4-9-23-48-24-26-49(27-25-48)38-18-15-36(16-19-38)45-42-22-20-40(52)29-44(42)54-32-43(45)35-11-7-5-8-12-35/h5,7-8,11-12,14-16,18-22,28-29,31,39,43,45,47,52H,1,3-4,9,13,17,23-27,30,32H2,2H3. The Morgan fingerprint density at radius 3 is 2.54 bits per heavy atom. The van der Waals surface area contributed by atoms with Gasteiger partial charge in [0.05, 0.1) is 12.6 Å². The molecule has 0 aliphatic carbocycles. The van der Waals surface area contributed by atoms with Gasteiger partial charge >= 0.3 is 0 Å². The van der Waals surface area contributed by atoms with Crippen LogP contribution in [0.3, 0.4) is 0 Å².